The molecule has 4 unspecified atom stereocenters. The minimum Gasteiger partial charge on any atom is -0.496 e. The zero-order valence-electron chi connectivity index (χ0n) is 38.1. The number of hydrogen-bond donors (Lipinski definition) is 2. The van der Waals surface area contributed by atoms with E-state index in [0.29, 0.717) is 32.2 Å². The van der Waals surface area contributed by atoms with E-state index in [1.165, 1.54) is 23.6 Å². The fourth-order valence-corrected chi connectivity index (χ4v) is 4.98. The van der Waals surface area contributed by atoms with Gasteiger partial charge in [0.15, 0.2) is 0 Å². The molecule has 0 saturated heterocycles. The molecule has 4 atom stereocenters. The van der Waals surface area contributed by atoms with E-state index in [-0.39, 0.29) is 31.5 Å². The maximum absolute atomic E-state index is 12.4. The summed E-state index contributed by atoms with van der Waals surface area (Å²) in [4.78, 5) is 71.2. The smallest absolute Gasteiger partial charge is 0.446 e. The fraction of sp³-hybridized carbons (Fsp3) is 0.581. The number of alkyl halides is 3. The average molecular weight is 903 g/mol. The summed E-state index contributed by atoms with van der Waals surface area (Å²) in [5.41, 5.74) is 6.73. The number of nitrogens with one attached hydrogen (secondary N) is 1. The molecule has 0 aliphatic carbocycles. The Hall–Kier alpha value is -5.79. The number of ether oxygens (including phenoxy) is 7. The largest absolute Gasteiger partial charge is 0.496 e. The zero-order valence-corrected chi connectivity index (χ0v) is 38.1. The second kappa shape index (κ2) is 29.5. The zero-order chi connectivity index (χ0) is 48.3. The van der Waals surface area contributed by atoms with Crippen molar-refractivity contribution in [2.75, 3.05) is 41.4 Å². The second-order valence-corrected chi connectivity index (χ2v) is 14.9. The van der Waals surface area contributed by atoms with Crippen LogP contribution in [0.3, 0.4) is 0 Å². The normalized spacial score (nSPS) is 12.7. The van der Waals surface area contributed by atoms with Crippen LogP contribution in [0.2, 0.25) is 0 Å². The van der Waals surface area contributed by atoms with Gasteiger partial charge >= 0.3 is 36.4 Å². The number of alkyl carbamates (subject to hydrolysis) is 1. The molecule has 63 heavy (non-hydrogen) atoms. The first-order chi connectivity index (χ1) is 29.4. The van der Waals surface area contributed by atoms with E-state index in [1.54, 1.807) is 49.1 Å². The summed E-state index contributed by atoms with van der Waals surface area (Å²) in [5.74, 6) is 0.569. The third kappa shape index (κ3) is 26.3. The lowest BCUT2D eigenvalue weighted by Crippen LogP contribution is -2.39. The van der Waals surface area contributed by atoms with Crippen molar-refractivity contribution < 1.29 is 75.1 Å². The van der Waals surface area contributed by atoms with E-state index in [0.717, 1.165) is 22.6 Å². The van der Waals surface area contributed by atoms with E-state index < -0.39 is 60.9 Å². The number of para-hydroxylation sites is 2. The van der Waals surface area contributed by atoms with Gasteiger partial charge in [-0.05, 0) is 90.1 Å². The molecule has 0 saturated carbocycles. The first kappa shape index (κ1) is 57.2. The van der Waals surface area contributed by atoms with Crippen LogP contribution in [-0.4, -0.2) is 124 Å². The fourth-order valence-electron chi connectivity index (χ4n) is 4.98. The SMILES string of the molecule is COc1ccccc1CC(C)N(C)C(=O)OC(C)OC(=O)CCCN.COc1ccccc1CC(C)N(C)C(=O)OC(C)OC(=O)CCCNC(=O)OC(C)(C)C.O=CC(F)(F)F. The van der Waals surface area contributed by atoms with Crippen molar-refractivity contribution in [3.63, 3.8) is 0 Å². The lowest BCUT2D eigenvalue weighted by molar-refractivity contribution is -0.167. The summed E-state index contributed by atoms with van der Waals surface area (Å²) in [6.07, 6.45) is -7.00. The maximum atomic E-state index is 12.4. The number of esters is 2. The number of carbonyl (C=O) groups is 6. The van der Waals surface area contributed by atoms with E-state index in [4.69, 9.17) is 43.7 Å². The van der Waals surface area contributed by atoms with Crippen LogP contribution in [0.1, 0.15) is 85.3 Å². The van der Waals surface area contributed by atoms with Gasteiger partial charge in [-0.2, -0.15) is 13.2 Å². The Morgan fingerprint density at radius 3 is 1.43 bits per heavy atom. The maximum Gasteiger partial charge on any atom is 0.446 e. The number of nitrogens with two attached hydrogens (primary N) is 1. The molecule has 0 aliphatic rings. The van der Waals surface area contributed by atoms with Gasteiger partial charge in [-0.15, -0.1) is 0 Å². The summed E-state index contributed by atoms with van der Waals surface area (Å²) < 4.78 is 67.6. The van der Waals surface area contributed by atoms with Crippen LogP contribution in [0.25, 0.3) is 0 Å². The standard InChI is InChI=1S/C23H36N2O7.C18H28N2O5.C2HF3O/c1-16(15-18-11-8-9-12-19(18)29-7)25(6)22(28)31-17(2)30-20(26)13-10-14-24-21(27)32-23(3,4)5;1-13(12-15-8-5-6-9-16(15)23-4)20(3)18(22)25-14(2)24-17(21)10-7-11-19;3-2(4,5)1-6/h8-9,11-12,16-17H,10,13-15H2,1-7H3,(H,24,27);5-6,8-9,13-14H,7,10-12,19H2,1-4H3;1H. The van der Waals surface area contributed by atoms with Gasteiger partial charge in [0, 0.05) is 59.4 Å². The molecule has 0 fully saturated rings. The number of benzene rings is 2. The first-order valence-electron chi connectivity index (χ1n) is 20.1. The van der Waals surface area contributed by atoms with E-state index in [2.05, 4.69) is 5.32 Å². The number of rotatable bonds is 19. The highest BCUT2D eigenvalue weighted by molar-refractivity contribution is 5.72. The van der Waals surface area contributed by atoms with Crippen molar-refractivity contribution in [3.8, 4) is 11.5 Å². The lowest BCUT2D eigenvalue weighted by atomic mass is 10.1. The Morgan fingerprint density at radius 1 is 0.698 bits per heavy atom. The molecule has 0 radical (unpaired) electrons. The van der Waals surface area contributed by atoms with Gasteiger partial charge < -0.3 is 54.0 Å². The van der Waals surface area contributed by atoms with Crippen molar-refractivity contribution >= 4 is 36.5 Å². The predicted molar refractivity (Wildman–Crippen MR) is 226 cm³/mol. The molecule has 2 rings (SSSR count). The number of amides is 3. The van der Waals surface area contributed by atoms with Gasteiger partial charge in [0.05, 0.1) is 14.2 Å². The van der Waals surface area contributed by atoms with Gasteiger partial charge in [-0.25, -0.2) is 14.4 Å². The van der Waals surface area contributed by atoms with Crippen LogP contribution < -0.4 is 20.5 Å². The van der Waals surface area contributed by atoms with Crippen molar-refractivity contribution in [1.29, 1.82) is 0 Å². The number of methoxy groups -OCH3 is 2. The average Bonchev–Trinajstić information content (AvgIpc) is 3.20. The minimum absolute atomic E-state index is 0.0672. The lowest BCUT2D eigenvalue weighted by Gasteiger charge is -2.26. The van der Waals surface area contributed by atoms with Crippen molar-refractivity contribution in [2.45, 2.75) is 123 Å². The molecule has 0 spiro atoms. The molecule has 2 aromatic rings. The van der Waals surface area contributed by atoms with Crippen LogP contribution >= 0.6 is 0 Å². The molecule has 20 heteroatoms. The summed E-state index contributed by atoms with van der Waals surface area (Å²) >= 11 is 0. The number of carbonyl (C=O) groups excluding carboxylic acids is 6. The molecular formula is C43H65F3N4O13. The predicted octanol–water partition coefficient (Wildman–Crippen LogP) is 6.96. The highest BCUT2D eigenvalue weighted by atomic mass is 19.4. The molecule has 17 nitrogen and oxygen atoms in total. The Labute approximate surface area is 367 Å². The highest BCUT2D eigenvalue weighted by Crippen LogP contribution is 2.22. The third-order valence-corrected chi connectivity index (χ3v) is 8.39. The summed E-state index contributed by atoms with van der Waals surface area (Å²) in [5, 5.41) is 2.57. The molecule has 0 aliphatic heterocycles. The molecule has 3 N–H and O–H groups in total. The summed E-state index contributed by atoms with van der Waals surface area (Å²) in [6, 6.07) is 15.0. The first-order valence-corrected chi connectivity index (χ1v) is 20.1. The van der Waals surface area contributed by atoms with Gasteiger partial charge in [0.1, 0.15) is 17.1 Å². The monoisotopic (exact) mass is 902 g/mol. The number of nitrogens with zero attached hydrogens (tertiary/aromatic N) is 2. The molecule has 2 aromatic carbocycles. The van der Waals surface area contributed by atoms with E-state index in [1.807, 2.05) is 62.4 Å². The van der Waals surface area contributed by atoms with Crippen molar-refractivity contribution in [3.05, 3.63) is 59.7 Å². The van der Waals surface area contributed by atoms with Crippen LogP contribution in [0.4, 0.5) is 27.6 Å². The van der Waals surface area contributed by atoms with Crippen LogP contribution in [0.5, 0.6) is 11.5 Å². The van der Waals surface area contributed by atoms with Gasteiger partial charge in [0.2, 0.25) is 18.9 Å². The van der Waals surface area contributed by atoms with Gasteiger partial charge in [0.25, 0.3) is 0 Å². The van der Waals surface area contributed by atoms with Crippen LogP contribution in [0, 0.1) is 0 Å². The topological polar surface area (TPSA) is 212 Å². The number of likely N-dealkylation sites (N-methyl/N-ethyl adjacent to an activating group) is 2. The van der Waals surface area contributed by atoms with Crippen LogP contribution in [-0.2, 0) is 50.9 Å². The Morgan fingerprint density at radius 2 is 1.08 bits per heavy atom. The molecule has 0 heterocycles. The van der Waals surface area contributed by atoms with Crippen molar-refractivity contribution in [1.82, 2.24) is 15.1 Å². The number of aldehydes is 1. The molecule has 3 amide bonds. The summed E-state index contributed by atoms with van der Waals surface area (Å²) in [7, 11) is 6.48. The minimum atomic E-state index is -4.64. The summed E-state index contributed by atoms with van der Waals surface area (Å²) in [6.45, 7) is 12.8. The highest BCUT2D eigenvalue weighted by Gasteiger charge is 2.26. The van der Waals surface area contributed by atoms with E-state index >= 15 is 0 Å². The molecule has 356 valence electrons. The van der Waals surface area contributed by atoms with Gasteiger partial charge in [-0.1, -0.05) is 36.4 Å². The van der Waals surface area contributed by atoms with Gasteiger partial charge in [-0.3, -0.25) is 14.4 Å². The molecule has 0 aromatic heterocycles. The number of hydrogen-bond acceptors (Lipinski definition) is 14. The molecular weight excluding hydrogens is 837 g/mol. The van der Waals surface area contributed by atoms with Crippen molar-refractivity contribution in [2.24, 2.45) is 5.73 Å². The quantitative estimate of drug-likeness (QED) is 0.0480. The Kier molecular flexibility index (Phi) is 26.8. The number of halogens is 3. The van der Waals surface area contributed by atoms with Crippen LogP contribution in [0.15, 0.2) is 48.5 Å². The molecule has 0 bridgehead atoms. The second-order valence-electron chi connectivity index (χ2n) is 14.9. The third-order valence-electron chi connectivity index (χ3n) is 8.39. The Balaban J connectivity index is 0.00000110. The Bertz CT molecular complexity index is 1710. The van der Waals surface area contributed by atoms with E-state index in [9.17, 15) is 37.1 Å².